The third-order valence-electron chi connectivity index (χ3n) is 5.57. The van der Waals surface area contributed by atoms with E-state index in [1.165, 1.54) is 4.90 Å². The fourth-order valence-corrected chi connectivity index (χ4v) is 3.89. The molecular formula is C26H32N2O5. The Morgan fingerprint density at radius 3 is 2.33 bits per heavy atom. The Kier molecular flexibility index (Phi) is 7.43. The number of likely N-dealkylation sites (tertiary alicyclic amines) is 1. The molecule has 7 nitrogen and oxygen atoms in total. The monoisotopic (exact) mass is 452 g/mol. The second-order valence-corrected chi connectivity index (χ2v) is 8.72. The van der Waals surface area contributed by atoms with Crippen molar-refractivity contribution in [1.29, 1.82) is 0 Å². The second-order valence-electron chi connectivity index (χ2n) is 8.72. The van der Waals surface area contributed by atoms with E-state index in [4.69, 9.17) is 9.47 Å². The zero-order valence-electron chi connectivity index (χ0n) is 20.1. The topological polar surface area (TPSA) is 79.3 Å². The van der Waals surface area contributed by atoms with Gasteiger partial charge in [-0.2, -0.15) is 0 Å². The molecular weight excluding hydrogens is 420 g/mol. The van der Waals surface area contributed by atoms with E-state index >= 15 is 0 Å². The van der Waals surface area contributed by atoms with Gasteiger partial charge in [0, 0.05) is 18.7 Å². The smallest absolute Gasteiger partial charge is 0.295 e. The molecule has 2 aromatic carbocycles. The highest BCUT2D eigenvalue weighted by Gasteiger charge is 2.45. The summed E-state index contributed by atoms with van der Waals surface area (Å²) in [6.07, 6.45) is 0.0141. The Balaban J connectivity index is 2.10. The molecule has 0 saturated carbocycles. The van der Waals surface area contributed by atoms with E-state index in [1.807, 2.05) is 51.9 Å². The second kappa shape index (κ2) is 10.1. The molecule has 1 fully saturated rings. The molecule has 1 atom stereocenters. The zero-order valence-corrected chi connectivity index (χ0v) is 20.1. The molecule has 1 aliphatic rings. The normalized spacial score (nSPS) is 17.8. The predicted molar refractivity (Wildman–Crippen MR) is 128 cm³/mol. The van der Waals surface area contributed by atoms with Crippen molar-refractivity contribution in [3.05, 3.63) is 64.7 Å². The molecule has 1 N–H and O–H groups in total. The van der Waals surface area contributed by atoms with Gasteiger partial charge in [-0.05, 0) is 76.3 Å². The van der Waals surface area contributed by atoms with Gasteiger partial charge in [0.25, 0.3) is 11.7 Å². The first-order valence-corrected chi connectivity index (χ1v) is 11.0. The van der Waals surface area contributed by atoms with Crippen LogP contribution in [0.25, 0.3) is 5.76 Å². The molecule has 176 valence electrons. The molecule has 1 unspecified atom stereocenters. The maximum Gasteiger partial charge on any atom is 0.295 e. The minimum atomic E-state index is -0.692. The number of likely N-dealkylation sites (N-methyl/N-ethyl adjacent to an activating group) is 1. The summed E-state index contributed by atoms with van der Waals surface area (Å²) in [6.45, 7) is 6.70. The van der Waals surface area contributed by atoms with Gasteiger partial charge in [0.15, 0.2) is 0 Å². The lowest BCUT2D eigenvalue weighted by atomic mass is 9.94. The summed E-state index contributed by atoms with van der Waals surface area (Å²) in [5, 5.41) is 11.2. The van der Waals surface area contributed by atoms with Crippen LogP contribution in [0.2, 0.25) is 0 Å². The van der Waals surface area contributed by atoms with Crippen LogP contribution in [0.1, 0.15) is 36.6 Å². The molecule has 7 heteroatoms. The van der Waals surface area contributed by atoms with Crippen molar-refractivity contribution in [3.63, 3.8) is 0 Å². The molecule has 3 rings (SSSR count). The van der Waals surface area contributed by atoms with Crippen LogP contribution in [0, 0.1) is 6.92 Å². The third kappa shape index (κ3) is 5.20. The van der Waals surface area contributed by atoms with Crippen molar-refractivity contribution >= 4 is 17.4 Å². The Bertz CT molecular complexity index is 1060. The number of hydrogen-bond donors (Lipinski definition) is 1. The van der Waals surface area contributed by atoms with Crippen molar-refractivity contribution < 1.29 is 24.2 Å². The van der Waals surface area contributed by atoms with Crippen molar-refractivity contribution in [3.8, 4) is 11.5 Å². The highest BCUT2D eigenvalue weighted by atomic mass is 16.5. The largest absolute Gasteiger partial charge is 0.507 e. The number of ether oxygens (including phenoxy) is 2. The molecule has 2 aromatic rings. The zero-order chi connectivity index (χ0) is 24.3. The highest BCUT2D eigenvalue weighted by molar-refractivity contribution is 6.46. The number of aliphatic hydroxyl groups excluding tert-OH is 1. The standard InChI is InChI=1S/C26H32N2O5/c1-16(2)33-21-12-9-19(15-17(21)3)24(29)22-23(18-7-10-20(32-6)11-8-18)28(14-13-27(4)5)26(31)25(22)30/h7-12,15-16,23,29H,13-14H2,1-6H3/b24-22-. The lowest BCUT2D eigenvalue weighted by Crippen LogP contribution is -2.35. The fraction of sp³-hybridized carbons (Fsp3) is 0.385. The fourth-order valence-electron chi connectivity index (χ4n) is 3.89. The van der Waals surface area contributed by atoms with Gasteiger partial charge < -0.3 is 24.4 Å². The van der Waals surface area contributed by atoms with E-state index in [2.05, 4.69) is 0 Å². The number of hydrogen-bond acceptors (Lipinski definition) is 6. The van der Waals surface area contributed by atoms with E-state index in [1.54, 1.807) is 37.4 Å². The first-order chi connectivity index (χ1) is 15.6. The van der Waals surface area contributed by atoms with E-state index in [0.717, 1.165) is 11.1 Å². The van der Waals surface area contributed by atoms with Crippen molar-refractivity contribution in [1.82, 2.24) is 9.80 Å². The number of aryl methyl sites for hydroxylation is 1. The number of carbonyl (C=O) groups excluding carboxylic acids is 2. The average Bonchev–Trinajstić information content (AvgIpc) is 3.03. The lowest BCUT2D eigenvalue weighted by Gasteiger charge is -2.26. The Hall–Kier alpha value is -3.32. The maximum atomic E-state index is 13.1. The quantitative estimate of drug-likeness (QED) is 0.373. The van der Waals surface area contributed by atoms with Crippen LogP contribution >= 0.6 is 0 Å². The van der Waals surface area contributed by atoms with Gasteiger partial charge in [0.05, 0.1) is 24.8 Å². The third-order valence-corrected chi connectivity index (χ3v) is 5.57. The van der Waals surface area contributed by atoms with Crippen LogP contribution < -0.4 is 9.47 Å². The molecule has 1 heterocycles. The molecule has 0 bridgehead atoms. The van der Waals surface area contributed by atoms with E-state index < -0.39 is 17.7 Å². The number of carbonyl (C=O) groups is 2. The van der Waals surface area contributed by atoms with Crippen LogP contribution in [0.3, 0.4) is 0 Å². The maximum absolute atomic E-state index is 13.1. The number of rotatable bonds is 8. The van der Waals surface area contributed by atoms with Gasteiger partial charge in [-0.3, -0.25) is 9.59 Å². The summed E-state index contributed by atoms with van der Waals surface area (Å²) in [7, 11) is 5.39. The lowest BCUT2D eigenvalue weighted by molar-refractivity contribution is -0.140. The summed E-state index contributed by atoms with van der Waals surface area (Å²) < 4.78 is 11.0. The summed E-state index contributed by atoms with van der Waals surface area (Å²) in [4.78, 5) is 29.6. The van der Waals surface area contributed by atoms with Crippen LogP contribution in [0.4, 0.5) is 0 Å². The molecule has 0 aromatic heterocycles. The summed E-state index contributed by atoms with van der Waals surface area (Å²) in [5.41, 5.74) is 2.11. The van der Waals surface area contributed by atoms with Crippen LogP contribution in [-0.2, 0) is 9.59 Å². The Labute approximate surface area is 195 Å². The van der Waals surface area contributed by atoms with Crippen molar-refractivity contribution in [2.75, 3.05) is 34.3 Å². The van der Waals surface area contributed by atoms with Crippen molar-refractivity contribution in [2.45, 2.75) is 32.9 Å². The van der Waals surface area contributed by atoms with Gasteiger partial charge in [0.2, 0.25) is 0 Å². The first-order valence-electron chi connectivity index (χ1n) is 11.0. The number of aliphatic hydroxyl groups is 1. The first kappa shape index (κ1) is 24.3. The number of nitrogens with zero attached hydrogens (tertiary/aromatic N) is 2. The molecule has 1 amide bonds. The number of amides is 1. The summed E-state index contributed by atoms with van der Waals surface area (Å²) in [6, 6.07) is 11.8. The van der Waals surface area contributed by atoms with E-state index in [0.29, 0.717) is 30.2 Å². The summed E-state index contributed by atoms with van der Waals surface area (Å²) >= 11 is 0. The molecule has 33 heavy (non-hydrogen) atoms. The SMILES string of the molecule is COc1ccc(C2/C(=C(/O)c3ccc(OC(C)C)c(C)c3)C(=O)C(=O)N2CCN(C)C)cc1. The Morgan fingerprint density at radius 1 is 1.12 bits per heavy atom. The molecule has 0 radical (unpaired) electrons. The number of Topliss-reactive ketones (excluding diaryl/α,β-unsaturated/α-hetero) is 1. The van der Waals surface area contributed by atoms with Crippen molar-refractivity contribution in [2.24, 2.45) is 0 Å². The Morgan fingerprint density at radius 2 is 1.79 bits per heavy atom. The van der Waals surface area contributed by atoms with E-state index in [9.17, 15) is 14.7 Å². The highest BCUT2D eigenvalue weighted by Crippen LogP contribution is 2.40. The van der Waals surface area contributed by atoms with Gasteiger partial charge in [-0.15, -0.1) is 0 Å². The minimum absolute atomic E-state index is 0.0141. The van der Waals surface area contributed by atoms with Gasteiger partial charge in [-0.25, -0.2) is 0 Å². The molecule has 1 saturated heterocycles. The van der Waals surface area contributed by atoms with E-state index in [-0.39, 0.29) is 17.4 Å². The van der Waals surface area contributed by atoms with Gasteiger partial charge in [-0.1, -0.05) is 12.1 Å². The number of methoxy groups -OCH3 is 1. The van der Waals surface area contributed by atoms with Gasteiger partial charge in [0.1, 0.15) is 17.3 Å². The minimum Gasteiger partial charge on any atom is -0.507 e. The van der Waals surface area contributed by atoms with Crippen LogP contribution in [0.15, 0.2) is 48.0 Å². The molecule has 0 spiro atoms. The molecule has 1 aliphatic heterocycles. The predicted octanol–water partition coefficient (Wildman–Crippen LogP) is 3.77. The van der Waals surface area contributed by atoms with Gasteiger partial charge >= 0.3 is 0 Å². The molecule has 0 aliphatic carbocycles. The van der Waals surface area contributed by atoms with Crippen LogP contribution in [0.5, 0.6) is 11.5 Å². The number of benzene rings is 2. The average molecular weight is 453 g/mol. The number of ketones is 1. The summed E-state index contributed by atoms with van der Waals surface area (Å²) in [5.74, 6) is -0.122. The van der Waals surface area contributed by atoms with Crippen LogP contribution in [-0.4, -0.2) is 67.0 Å².